The Kier molecular flexibility index (Phi) is 3.10. The molecule has 0 saturated heterocycles. The molecule has 0 bridgehead atoms. The average molecular weight is 167 g/mol. The van der Waals surface area contributed by atoms with E-state index in [1.165, 1.54) is 14.1 Å². The van der Waals surface area contributed by atoms with Crippen molar-refractivity contribution in [2.75, 3.05) is 14.1 Å². The van der Waals surface area contributed by atoms with Gasteiger partial charge in [0.2, 0.25) is 10.9 Å². The minimum absolute atomic E-state index is 0.426. The van der Waals surface area contributed by atoms with Crippen LogP contribution in [-0.2, 0) is 10.9 Å². The maximum absolute atomic E-state index is 10.3. The van der Waals surface area contributed by atoms with Crippen molar-refractivity contribution in [2.45, 2.75) is 0 Å². The summed E-state index contributed by atoms with van der Waals surface area (Å²) in [6.07, 6.45) is 0. The van der Waals surface area contributed by atoms with Crippen LogP contribution in [0.5, 0.6) is 0 Å². The lowest BCUT2D eigenvalue weighted by Gasteiger charge is -2.19. The van der Waals surface area contributed by atoms with Gasteiger partial charge in [0.15, 0.2) is 0 Å². The van der Waals surface area contributed by atoms with Crippen LogP contribution in [0.4, 0.5) is 4.79 Å². The van der Waals surface area contributed by atoms with E-state index < -0.39 is 16.9 Å². The number of carbonyl (C=O) groups is 1. The summed E-state index contributed by atoms with van der Waals surface area (Å²) in [5, 5.41) is 1.08. The fourth-order valence-electron chi connectivity index (χ4n) is 0.424. The first kappa shape index (κ1) is 9.18. The molecule has 0 saturated carbocycles. The molecule has 0 aromatic heterocycles. The largest absolute Gasteiger partial charge is 0.350 e. The summed E-state index contributed by atoms with van der Waals surface area (Å²) < 4.78 is 20.8. The lowest BCUT2D eigenvalue weighted by Crippen LogP contribution is -2.43. The number of hydrazine groups is 1. The molecule has 0 heterocycles. The Morgan fingerprint density at radius 3 is 1.80 bits per heavy atom. The topological polar surface area (TPSA) is 83.7 Å². The molecular weight excluding hydrogens is 158 g/mol. The van der Waals surface area contributed by atoms with Gasteiger partial charge < -0.3 is 5.73 Å². The standard InChI is InChI=1S/C3H9N3O3S/c1-5(2)6(3(4)7)10(8)9/h10H,1-2H3,(H2,4,7). The summed E-state index contributed by atoms with van der Waals surface area (Å²) >= 11 is 0. The summed E-state index contributed by atoms with van der Waals surface area (Å²) in [5.41, 5.74) is 4.70. The Hall–Kier alpha value is -0.820. The zero-order chi connectivity index (χ0) is 8.31. The molecule has 2 amide bonds. The van der Waals surface area contributed by atoms with Crippen molar-refractivity contribution in [1.29, 1.82) is 0 Å². The number of rotatable bonds is 2. The summed E-state index contributed by atoms with van der Waals surface area (Å²) in [5.74, 6) is 0. The Bertz CT molecular complexity index is 191. The lowest BCUT2D eigenvalue weighted by molar-refractivity contribution is 0.149. The maximum atomic E-state index is 10.3. The third kappa shape index (κ3) is 2.19. The summed E-state index contributed by atoms with van der Waals surface area (Å²) in [4.78, 5) is 10.3. The van der Waals surface area contributed by atoms with Gasteiger partial charge in [-0.3, -0.25) is 0 Å². The highest BCUT2D eigenvalue weighted by Crippen LogP contribution is 1.88. The molecule has 0 aliphatic rings. The highest BCUT2D eigenvalue weighted by atomic mass is 32.2. The quantitative estimate of drug-likeness (QED) is 0.382. The normalized spacial score (nSPS) is 10.4. The highest BCUT2D eigenvalue weighted by molar-refractivity contribution is 7.70. The van der Waals surface area contributed by atoms with E-state index in [0.29, 0.717) is 4.41 Å². The third-order valence-electron chi connectivity index (χ3n) is 0.731. The van der Waals surface area contributed by atoms with E-state index in [0.717, 1.165) is 5.01 Å². The molecule has 0 rings (SSSR count). The molecule has 60 valence electrons. The van der Waals surface area contributed by atoms with Crippen LogP contribution in [0.2, 0.25) is 0 Å². The van der Waals surface area contributed by atoms with Gasteiger partial charge in [0.25, 0.3) is 0 Å². The second kappa shape index (κ2) is 3.37. The number of hydrogen-bond donors (Lipinski definition) is 2. The molecule has 0 atom stereocenters. The fourth-order valence-corrected chi connectivity index (χ4v) is 0.877. The van der Waals surface area contributed by atoms with Crippen LogP contribution in [0.3, 0.4) is 0 Å². The molecule has 10 heavy (non-hydrogen) atoms. The SMILES string of the molecule is CN(C)N(C(N)=O)[SH](=O)=O. The zero-order valence-corrected chi connectivity index (χ0v) is 6.54. The van der Waals surface area contributed by atoms with Crippen molar-refractivity contribution in [2.24, 2.45) is 5.73 Å². The minimum Gasteiger partial charge on any atom is -0.350 e. The van der Waals surface area contributed by atoms with Crippen LogP contribution in [0.15, 0.2) is 0 Å². The van der Waals surface area contributed by atoms with E-state index in [1.807, 2.05) is 0 Å². The number of hydrogen-bond acceptors (Lipinski definition) is 4. The van der Waals surface area contributed by atoms with Crippen molar-refractivity contribution in [3.63, 3.8) is 0 Å². The zero-order valence-electron chi connectivity index (χ0n) is 5.64. The highest BCUT2D eigenvalue weighted by Gasteiger charge is 2.13. The van der Waals surface area contributed by atoms with Gasteiger partial charge in [-0.15, -0.1) is 0 Å². The molecule has 0 unspecified atom stereocenters. The van der Waals surface area contributed by atoms with Gasteiger partial charge in [0.1, 0.15) is 0 Å². The van der Waals surface area contributed by atoms with Crippen molar-refractivity contribution in [1.82, 2.24) is 9.42 Å². The van der Waals surface area contributed by atoms with Crippen LogP contribution in [0.25, 0.3) is 0 Å². The van der Waals surface area contributed by atoms with Gasteiger partial charge in [-0.1, -0.05) is 0 Å². The summed E-state index contributed by atoms with van der Waals surface area (Å²) in [6, 6.07) is -1.01. The molecule has 0 aliphatic heterocycles. The van der Waals surface area contributed by atoms with E-state index in [4.69, 9.17) is 5.73 Å². The van der Waals surface area contributed by atoms with Crippen LogP contribution in [0.1, 0.15) is 0 Å². The van der Waals surface area contributed by atoms with Crippen molar-refractivity contribution >= 4 is 16.9 Å². The average Bonchev–Trinajstić information content (AvgIpc) is 1.59. The second-order valence-corrected chi connectivity index (χ2v) is 2.57. The van der Waals surface area contributed by atoms with Crippen LogP contribution in [-0.4, -0.2) is 38.0 Å². The van der Waals surface area contributed by atoms with E-state index >= 15 is 0 Å². The number of nitrogens with zero attached hydrogens (tertiary/aromatic N) is 2. The van der Waals surface area contributed by atoms with Crippen LogP contribution < -0.4 is 5.73 Å². The van der Waals surface area contributed by atoms with Gasteiger partial charge in [-0.2, -0.15) is 4.41 Å². The number of amides is 2. The molecule has 0 fully saturated rings. The number of thiol groups is 1. The molecule has 2 N–H and O–H groups in total. The van der Waals surface area contributed by atoms with Gasteiger partial charge in [-0.25, -0.2) is 18.2 Å². The number of urea groups is 1. The smallest absolute Gasteiger partial charge is 0.343 e. The molecular formula is C3H9N3O3S. The maximum Gasteiger partial charge on any atom is 0.343 e. The molecule has 0 spiro atoms. The Balaban J connectivity index is 4.43. The first-order valence-electron chi connectivity index (χ1n) is 2.38. The number of carbonyl (C=O) groups excluding carboxylic acids is 1. The van der Waals surface area contributed by atoms with Crippen LogP contribution in [0, 0.1) is 0 Å². The van der Waals surface area contributed by atoms with E-state index in [2.05, 4.69) is 0 Å². The van der Waals surface area contributed by atoms with Crippen molar-refractivity contribution < 1.29 is 13.2 Å². The first-order chi connectivity index (χ1) is 4.46. The number of nitrogens with two attached hydrogens (primary N) is 1. The van der Waals surface area contributed by atoms with Gasteiger partial charge in [-0.05, 0) is 0 Å². The molecule has 0 aromatic rings. The Morgan fingerprint density at radius 1 is 1.40 bits per heavy atom. The van der Waals surface area contributed by atoms with Crippen molar-refractivity contribution in [3.8, 4) is 0 Å². The molecule has 7 heteroatoms. The predicted octanol–water partition coefficient (Wildman–Crippen LogP) is -1.63. The molecule has 0 radical (unpaired) electrons. The molecule has 0 aliphatic carbocycles. The minimum atomic E-state index is -2.96. The van der Waals surface area contributed by atoms with Crippen molar-refractivity contribution in [3.05, 3.63) is 0 Å². The van der Waals surface area contributed by atoms with E-state index in [-0.39, 0.29) is 0 Å². The van der Waals surface area contributed by atoms with Gasteiger partial charge >= 0.3 is 6.03 Å². The fraction of sp³-hybridized carbons (Fsp3) is 0.667. The van der Waals surface area contributed by atoms with Gasteiger partial charge in [0, 0.05) is 14.1 Å². The van der Waals surface area contributed by atoms with E-state index in [1.54, 1.807) is 0 Å². The molecule has 6 nitrogen and oxygen atoms in total. The second-order valence-electron chi connectivity index (χ2n) is 1.71. The van der Waals surface area contributed by atoms with Crippen LogP contribution >= 0.6 is 0 Å². The summed E-state index contributed by atoms with van der Waals surface area (Å²) in [7, 11) is -0.161. The Labute approximate surface area is 60.3 Å². The lowest BCUT2D eigenvalue weighted by atomic mass is 11.0. The predicted molar refractivity (Wildman–Crippen MR) is 35.4 cm³/mol. The Morgan fingerprint density at radius 2 is 1.80 bits per heavy atom. The number of primary amides is 1. The molecule has 0 aromatic carbocycles. The third-order valence-corrected chi connectivity index (χ3v) is 1.59. The first-order valence-corrected chi connectivity index (χ1v) is 3.51. The monoisotopic (exact) mass is 167 g/mol. The van der Waals surface area contributed by atoms with Gasteiger partial charge in [0.05, 0.1) is 0 Å². The summed E-state index contributed by atoms with van der Waals surface area (Å²) in [6.45, 7) is 0. The van der Waals surface area contributed by atoms with E-state index in [9.17, 15) is 13.2 Å².